The summed E-state index contributed by atoms with van der Waals surface area (Å²) >= 11 is 0. The van der Waals surface area contributed by atoms with Gasteiger partial charge in [0.15, 0.2) is 0 Å². The Morgan fingerprint density at radius 1 is 1.44 bits per heavy atom. The predicted octanol–water partition coefficient (Wildman–Crippen LogP) is 1.91. The molecule has 0 aromatic heterocycles. The van der Waals surface area contributed by atoms with Crippen LogP contribution in [-0.2, 0) is 4.74 Å². The van der Waals surface area contributed by atoms with Gasteiger partial charge in [-0.3, -0.25) is 0 Å². The lowest BCUT2D eigenvalue weighted by molar-refractivity contribution is 0.0209. The van der Waals surface area contributed by atoms with Gasteiger partial charge in [-0.25, -0.2) is 0 Å². The summed E-state index contributed by atoms with van der Waals surface area (Å²) in [6.45, 7) is 8.36. The van der Waals surface area contributed by atoms with Gasteiger partial charge in [-0.15, -0.1) is 0 Å². The van der Waals surface area contributed by atoms with E-state index < -0.39 is 0 Å². The molecule has 3 nitrogen and oxygen atoms in total. The lowest BCUT2D eigenvalue weighted by Gasteiger charge is -2.23. The summed E-state index contributed by atoms with van der Waals surface area (Å²) in [5, 5.41) is 3.51. The Balaban J connectivity index is 1.95. The van der Waals surface area contributed by atoms with Crippen LogP contribution >= 0.6 is 0 Å². The van der Waals surface area contributed by atoms with E-state index in [2.05, 4.69) is 19.2 Å². The molecule has 2 unspecified atom stereocenters. The van der Waals surface area contributed by atoms with Gasteiger partial charge in [0.25, 0.3) is 0 Å². The van der Waals surface area contributed by atoms with Gasteiger partial charge in [0.1, 0.15) is 0 Å². The molecule has 1 heterocycles. The van der Waals surface area contributed by atoms with Crippen molar-refractivity contribution < 1.29 is 4.74 Å². The number of hydrogen-bond donors (Lipinski definition) is 2. The SMILES string of the molecule is CC(CCN)CCCNCC1(C)CCCO1. The van der Waals surface area contributed by atoms with E-state index in [0.29, 0.717) is 0 Å². The number of nitrogens with two attached hydrogens (primary N) is 1. The highest BCUT2D eigenvalue weighted by molar-refractivity contribution is 4.82. The van der Waals surface area contributed by atoms with Crippen molar-refractivity contribution in [3.05, 3.63) is 0 Å². The van der Waals surface area contributed by atoms with Gasteiger partial charge < -0.3 is 15.8 Å². The van der Waals surface area contributed by atoms with Crippen LogP contribution in [-0.4, -0.2) is 31.8 Å². The van der Waals surface area contributed by atoms with E-state index in [1.807, 2.05) is 0 Å². The second kappa shape index (κ2) is 7.25. The molecule has 0 aliphatic carbocycles. The largest absolute Gasteiger partial charge is 0.374 e. The Morgan fingerprint density at radius 3 is 2.88 bits per heavy atom. The molecular weight excluding hydrogens is 200 g/mol. The Labute approximate surface area is 100 Å². The molecule has 1 aliphatic heterocycles. The molecule has 0 aromatic rings. The second-order valence-corrected chi connectivity index (χ2v) is 5.40. The molecule has 1 rings (SSSR count). The van der Waals surface area contributed by atoms with E-state index in [1.165, 1.54) is 25.7 Å². The summed E-state index contributed by atoms with van der Waals surface area (Å²) in [6.07, 6.45) is 6.09. The van der Waals surface area contributed by atoms with Gasteiger partial charge in [0.2, 0.25) is 0 Å². The van der Waals surface area contributed by atoms with Crippen molar-refractivity contribution in [2.75, 3.05) is 26.2 Å². The van der Waals surface area contributed by atoms with Crippen LogP contribution in [0.25, 0.3) is 0 Å². The number of nitrogens with one attached hydrogen (secondary N) is 1. The maximum Gasteiger partial charge on any atom is 0.0779 e. The molecule has 0 aromatic carbocycles. The summed E-state index contributed by atoms with van der Waals surface area (Å²) < 4.78 is 5.73. The minimum atomic E-state index is 0.100. The highest BCUT2D eigenvalue weighted by atomic mass is 16.5. The van der Waals surface area contributed by atoms with E-state index in [1.54, 1.807) is 0 Å². The van der Waals surface area contributed by atoms with Crippen molar-refractivity contribution in [2.24, 2.45) is 11.7 Å². The Bertz CT molecular complexity index is 179. The first-order valence-corrected chi connectivity index (χ1v) is 6.71. The highest BCUT2D eigenvalue weighted by Crippen LogP contribution is 2.23. The zero-order valence-electron chi connectivity index (χ0n) is 10.9. The number of rotatable bonds is 8. The fourth-order valence-electron chi connectivity index (χ4n) is 2.33. The first-order chi connectivity index (χ1) is 7.66. The lowest BCUT2D eigenvalue weighted by Crippen LogP contribution is -2.37. The number of hydrogen-bond acceptors (Lipinski definition) is 3. The van der Waals surface area contributed by atoms with Crippen LogP contribution in [0, 0.1) is 5.92 Å². The molecule has 0 amide bonds. The molecule has 96 valence electrons. The minimum absolute atomic E-state index is 0.100. The summed E-state index contributed by atoms with van der Waals surface area (Å²) in [7, 11) is 0. The summed E-state index contributed by atoms with van der Waals surface area (Å²) in [4.78, 5) is 0. The van der Waals surface area contributed by atoms with Crippen molar-refractivity contribution in [3.63, 3.8) is 0 Å². The van der Waals surface area contributed by atoms with E-state index in [4.69, 9.17) is 10.5 Å². The van der Waals surface area contributed by atoms with Crippen molar-refractivity contribution >= 4 is 0 Å². The first kappa shape index (κ1) is 13.9. The third kappa shape index (κ3) is 5.28. The van der Waals surface area contributed by atoms with Gasteiger partial charge in [-0.2, -0.15) is 0 Å². The van der Waals surface area contributed by atoms with Crippen LogP contribution in [0.1, 0.15) is 46.0 Å². The molecule has 3 N–H and O–H groups in total. The number of ether oxygens (including phenoxy) is 1. The van der Waals surface area contributed by atoms with Crippen LogP contribution in [0.5, 0.6) is 0 Å². The topological polar surface area (TPSA) is 47.3 Å². The molecule has 3 heteroatoms. The normalized spacial score (nSPS) is 27.2. The third-order valence-electron chi connectivity index (χ3n) is 3.51. The van der Waals surface area contributed by atoms with Gasteiger partial charge in [-0.1, -0.05) is 6.92 Å². The van der Waals surface area contributed by atoms with E-state index in [0.717, 1.165) is 38.6 Å². The van der Waals surface area contributed by atoms with Crippen LogP contribution in [0.4, 0.5) is 0 Å². The molecule has 16 heavy (non-hydrogen) atoms. The molecule has 0 saturated carbocycles. The van der Waals surface area contributed by atoms with E-state index in [9.17, 15) is 0 Å². The monoisotopic (exact) mass is 228 g/mol. The molecular formula is C13H28N2O. The summed E-state index contributed by atoms with van der Waals surface area (Å²) in [5.41, 5.74) is 5.63. The Hall–Kier alpha value is -0.120. The van der Waals surface area contributed by atoms with E-state index in [-0.39, 0.29) is 5.60 Å². The Morgan fingerprint density at radius 2 is 2.25 bits per heavy atom. The zero-order chi connectivity index (χ0) is 11.9. The standard InChI is InChI=1S/C13H28N2O/c1-12(6-8-14)5-3-9-15-11-13(2)7-4-10-16-13/h12,15H,3-11,14H2,1-2H3. The molecule has 0 bridgehead atoms. The average Bonchev–Trinajstić information content (AvgIpc) is 2.65. The third-order valence-corrected chi connectivity index (χ3v) is 3.51. The summed E-state index contributed by atoms with van der Waals surface area (Å²) in [5.74, 6) is 0.769. The van der Waals surface area contributed by atoms with Crippen molar-refractivity contribution in [3.8, 4) is 0 Å². The van der Waals surface area contributed by atoms with Crippen LogP contribution < -0.4 is 11.1 Å². The quantitative estimate of drug-likeness (QED) is 0.624. The van der Waals surface area contributed by atoms with Crippen LogP contribution in [0.15, 0.2) is 0 Å². The molecule has 1 saturated heterocycles. The minimum Gasteiger partial charge on any atom is -0.374 e. The van der Waals surface area contributed by atoms with Crippen molar-refractivity contribution in [1.82, 2.24) is 5.32 Å². The van der Waals surface area contributed by atoms with Crippen LogP contribution in [0.3, 0.4) is 0 Å². The van der Waals surface area contributed by atoms with Crippen molar-refractivity contribution in [2.45, 2.75) is 51.6 Å². The fraction of sp³-hybridized carbons (Fsp3) is 1.00. The zero-order valence-corrected chi connectivity index (χ0v) is 10.9. The summed E-state index contributed by atoms with van der Waals surface area (Å²) in [6, 6.07) is 0. The second-order valence-electron chi connectivity index (χ2n) is 5.40. The van der Waals surface area contributed by atoms with Gasteiger partial charge >= 0.3 is 0 Å². The first-order valence-electron chi connectivity index (χ1n) is 6.71. The van der Waals surface area contributed by atoms with Crippen molar-refractivity contribution in [1.29, 1.82) is 0 Å². The maximum atomic E-state index is 5.73. The average molecular weight is 228 g/mol. The van der Waals surface area contributed by atoms with E-state index >= 15 is 0 Å². The van der Waals surface area contributed by atoms with Gasteiger partial charge in [0, 0.05) is 13.2 Å². The van der Waals surface area contributed by atoms with Crippen LogP contribution in [0.2, 0.25) is 0 Å². The maximum absolute atomic E-state index is 5.73. The fourth-order valence-corrected chi connectivity index (χ4v) is 2.33. The molecule has 1 aliphatic rings. The molecule has 2 atom stereocenters. The molecule has 1 fully saturated rings. The highest BCUT2D eigenvalue weighted by Gasteiger charge is 2.28. The van der Waals surface area contributed by atoms with Gasteiger partial charge in [0.05, 0.1) is 5.60 Å². The smallest absolute Gasteiger partial charge is 0.0779 e. The lowest BCUT2D eigenvalue weighted by atomic mass is 10.0. The molecule has 0 radical (unpaired) electrons. The van der Waals surface area contributed by atoms with Gasteiger partial charge in [-0.05, 0) is 58.0 Å². The predicted molar refractivity (Wildman–Crippen MR) is 68.5 cm³/mol. The Kier molecular flexibility index (Phi) is 6.32. The molecule has 0 spiro atoms.